The molecule has 272 valence electrons. The molecule has 0 spiro atoms. The third-order valence-electron chi connectivity index (χ3n) is 8.20. The van der Waals surface area contributed by atoms with E-state index in [1.807, 2.05) is 84.9 Å². The Labute approximate surface area is 304 Å². The van der Waals surface area contributed by atoms with Gasteiger partial charge < -0.3 is 4.52 Å². The molecule has 1 heterocycles. The first-order chi connectivity index (χ1) is 24.4. The Hall–Kier alpha value is -4.56. The smallest absolute Gasteiger partial charge is 0.334 e. The Kier molecular flexibility index (Phi) is 11.3. The molecular weight excluding hydrogens is 681 g/mol. The van der Waals surface area contributed by atoms with Gasteiger partial charge in [-0.1, -0.05) is 114 Å². The number of Topliss-reactive ketones (excluding diaryl/α,β-unsaturated/α-hetero) is 1. The van der Waals surface area contributed by atoms with Crippen molar-refractivity contribution >= 4 is 19.5 Å². The number of hydrogen-bond donors (Lipinski definition) is 0. The molecule has 10 heteroatoms. The first kappa shape index (κ1) is 38.7. The summed E-state index contributed by atoms with van der Waals surface area (Å²) in [6.45, 7) is 11.0. The Morgan fingerprint density at radius 1 is 0.769 bits per heavy atom. The molecule has 5 rings (SSSR count). The van der Waals surface area contributed by atoms with Gasteiger partial charge in [0.2, 0.25) is 0 Å². The molecule has 52 heavy (non-hydrogen) atoms. The van der Waals surface area contributed by atoms with Crippen molar-refractivity contribution in [2.24, 2.45) is 0 Å². The minimum Gasteiger partial charge on any atom is -0.334 e. The number of benzene rings is 4. The predicted molar refractivity (Wildman–Crippen MR) is 200 cm³/mol. The number of hydrogen-bond acceptors (Lipinski definition) is 7. The molecular formula is C42H45F2N2O5P. The van der Waals surface area contributed by atoms with E-state index in [9.17, 15) is 9.36 Å². The number of rotatable bonds is 13. The second-order valence-electron chi connectivity index (χ2n) is 14.8. The molecule has 1 unspecified atom stereocenters. The van der Waals surface area contributed by atoms with E-state index in [0.717, 1.165) is 11.1 Å². The van der Waals surface area contributed by atoms with Crippen molar-refractivity contribution in [1.29, 1.82) is 0 Å². The summed E-state index contributed by atoms with van der Waals surface area (Å²) in [5.41, 5.74) is -4.49. The molecule has 0 aliphatic heterocycles. The number of ketones is 1. The van der Waals surface area contributed by atoms with Crippen LogP contribution in [0.3, 0.4) is 0 Å². The topological polar surface area (TPSA) is 91.5 Å². The highest BCUT2D eigenvalue weighted by molar-refractivity contribution is 7.54. The molecule has 0 bridgehead atoms. The predicted octanol–water partition coefficient (Wildman–Crippen LogP) is 11.4. The normalized spacial score (nSPS) is 14.0. The van der Waals surface area contributed by atoms with Crippen LogP contribution in [0.4, 0.5) is 8.78 Å². The first-order valence-electron chi connectivity index (χ1n) is 17.1. The summed E-state index contributed by atoms with van der Waals surface area (Å²) in [6, 6.07) is 31.8. The molecule has 0 aliphatic carbocycles. The van der Waals surface area contributed by atoms with Crippen LogP contribution in [-0.4, -0.2) is 27.1 Å². The van der Waals surface area contributed by atoms with Gasteiger partial charge in [-0.15, -0.1) is 0 Å². The van der Waals surface area contributed by atoms with Gasteiger partial charge >= 0.3 is 13.3 Å². The third kappa shape index (κ3) is 9.08. The second kappa shape index (κ2) is 15.2. The van der Waals surface area contributed by atoms with Crippen LogP contribution < -0.4 is 0 Å². The molecule has 0 radical (unpaired) electrons. The lowest BCUT2D eigenvalue weighted by Gasteiger charge is -2.36. The number of carbonyl (C=O) groups excluding carboxylic acids is 1. The number of aromatic nitrogens is 2. The van der Waals surface area contributed by atoms with Gasteiger partial charge in [0.15, 0.2) is 11.6 Å². The van der Waals surface area contributed by atoms with E-state index < -0.39 is 35.4 Å². The average Bonchev–Trinajstić information content (AvgIpc) is 3.53. The largest absolute Gasteiger partial charge is 0.405 e. The van der Waals surface area contributed by atoms with Gasteiger partial charge in [0.1, 0.15) is 0 Å². The maximum atomic E-state index is 16.3. The molecule has 0 amide bonds. The van der Waals surface area contributed by atoms with E-state index in [2.05, 4.69) is 10.1 Å². The molecule has 5 aromatic rings. The number of aryl methyl sites for hydroxylation is 1. The number of carbonyl (C=O) groups is 1. The summed E-state index contributed by atoms with van der Waals surface area (Å²) >= 11 is 0. The first-order valence-corrected chi connectivity index (χ1v) is 18.7. The zero-order chi connectivity index (χ0) is 37.8. The highest BCUT2D eigenvalue weighted by Gasteiger charge is 2.58. The molecule has 7 nitrogen and oxygen atoms in total. The summed E-state index contributed by atoms with van der Waals surface area (Å²) in [5, 5.41) is 3.90. The molecule has 0 saturated carbocycles. The average molecular weight is 727 g/mol. The zero-order valence-corrected chi connectivity index (χ0v) is 31.5. The minimum atomic E-state index is -5.03. The Morgan fingerprint density at radius 3 is 1.83 bits per heavy atom. The van der Waals surface area contributed by atoms with Crippen molar-refractivity contribution in [1.82, 2.24) is 10.1 Å². The molecule has 0 saturated heterocycles. The lowest BCUT2D eigenvalue weighted by molar-refractivity contribution is -0.0213. The van der Waals surface area contributed by atoms with Gasteiger partial charge in [-0.3, -0.25) is 18.4 Å². The van der Waals surface area contributed by atoms with Crippen LogP contribution >= 0.6 is 7.60 Å². The van der Waals surface area contributed by atoms with Crippen LogP contribution in [0, 0.1) is 6.92 Å². The summed E-state index contributed by atoms with van der Waals surface area (Å²) < 4.78 is 62.8. The SMILES string of the molecule is Cc1noc(-c2ccc(C(C/C=C/c3ccccc3)(Cc3ccc(C(F)(F)P(=O)(OC(C)(C)C)OC(C)(C)C)cc3)C(=O)c3ccccc3)cc2)n1. The fraction of sp³-hybridized carbons (Fsp3) is 0.310. The highest BCUT2D eigenvalue weighted by Crippen LogP contribution is 2.69. The van der Waals surface area contributed by atoms with Gasteiger partial charge in [-0.25, -0.2) is 0 Å². The summed E-state index contributed by atoms with van der Waals surface area (Å²) in [6.07, 6.45) is 4.39. The van der Waals surface area contributed by atoms with Crippen LogP contribution in [0.2, 0.25) is 0 Å². The quantitative estimate of drug-likeness (QED) is 0.0881. The fourth-order valence-electron chi connectivity index (χ4n) is 5.95. The van der Waals surface area contributed by atoms with E-state index in [1.54, 1.807) is 72.7 Å². The van der Waals surface area contributed by atoms with E-state index in [-0.39, 0.29) is 12.2 Å². The Bertz CT molecular complexity index is 2010. The Balaban J connectivity index is 1.60. The van der Waals surface area contributed by atoms with Crippen molar-refractivity contribution in [2.45, 2.75) is 83.6 Å². The lowest BCUT2D eigenvalue weighted by Crippen LogP contribution is -2.38. The molecule has 1 atom stereocenters. The maximum Gasteiger partial charge on any atom is 0.405 e. The van der Waals surface area contributed by atoms with Crippen molar-refractivity contribution in [3.8, 4) is 11.5 Å². The summed E-state index contributed by atoms with van der Waals surface area (Å²) in [5.74, 6) is 0.718. The van der Waals surface area contributed by atoms with Gasteiger partial charge in [-0.05, 0) is 90.1 Å². The molecule has 4 aromatic carbocycles. The number of allylic oxidation sites excluding steroid dienone is 1. The molecule has 0 N–H and O–H groups in total. The Morgan fingerprint density at radius 2 is 1.31 bits per heavy atom. The van der Waals surface area contributed by atoms with Crippen LogP contribution in [-0.2, 0) is 31.1 Å². The van der Waals surface area contributed by atoms with Crippen LogP contribution in [0.1, 0.15) is 86.4 Å². The van der Waals surface area contributed by atoms with Crippen LogP contribution in [0.15, 0.2) is 120 Å². The van der Waals surface area contributed by atoms with Gasteiger partial charge in [-0.2, -0.15) is 13.8 Å². The number of nitrogens with zero attached hydrogens (tertiary/aromatic N) is 2. The highest BCUT2D eigenvalue weighted by atomic mass is 31.2. The molecule has 0 aliphatic rings. The minimum absolute atomic E-state index is 0.136. The summed E-state index contributed by atoms with van der Waals surface area (Å²) in [4.78, 5) is 19.2. The molecule has 0 fully saturated rings. The number of alkyl halides is 2. The van der Waals surface area contributed by atoms with E-state index in [1.165, 1.54) is 12.1 Å². The number of halogens is 2. The van der Waals surface area contributed by atoms with Gasteiger partial charge in [0.25, 0.3) is 5.89 Å². The van der Waals surface area contributed by atoms with Crippen molar-refractivity contribution in [2.75, 3.05) is 0 Å². The zero-order valence-electron chi connectivity index (χ0n) is 30.6. The third-order valence-corrected chi connectivity index (χ3v) is 10.7. The van der Waals surface area contributed by atoms with E-state index in [4.69, 9.17) is 13.6 Å². The standard InChI is InChI=1S/C42H45F2N2O5P/c1-30-45-38(49-46-30)34-22-26-35(27-23-34)41(37(47)33-18-12-9-13-19-33,28-14-17-31-15-10-8-11-16-31)29-32-20-24-36(25-21-32)42(43,44)52(48,50-39(2,3)4)51-40(5,6)7/h8-27H,28-29H2,1-7H3/b17-14+. The maximum absolute atomic E-state index is 16.3. The van der Waals surface area contributed by atoms with Crippen molar-refractivity contribution in [3.63, 3.8) is 0 Å². The van der Waals surface area contributed by atoms with E-state index >= 15 is 8.78 Å². The monoisotopic (exact) mass is 726 g/mol. The van der Waals surface area contributed by atoms with E-state index in [0.29, 0.717) is 34.8 Å². The van der Waals surface area contributed by atoms with Crippen molar-refractivity contribution in [3.05, 3.63) is 149 Å². The van der Waals surface area contributed by atoms with Crippen LogP contribution in [0.5, 0.6) is 0 Å². The fourth-order valence-corrected chi connectivity index (χ4v) is 8.13. The van der Waals surface area contributed by atoms with Crippen molar-refractivity contribution < 1.29 is 31.7 Å². The summed E-state index contributed by atoms with van der Waals surface area (Å²) in [7, 11) is -5.03. The molecule has 1 aromatic heterocycles. The van der Waals surface area contributed by atoms with Gasteiger partial charge in [0.05, 0.1) is 16.6 Å². The second-order valence-corrected chi connectivity index (χ2v) is 16.8. The van der Waals surface area contributed by atoms with Gasteiger partial charge in [0, 0.05) is 16.7 Å². The lowest BCUT2D eigenvalue weighted by atomic mass is 9.68. The van der Waals surface area contributed by atoms with Crippen LogP contribution in [0.25, 0.3) is 17.5 Å².